The molecule has 0 aromatic heterocycles. The average molecular weight is 594 g/mol. The van der Waals surface area contributed by atoms with Gasteiger partial charge in [-0.2, -0.15) is 0 Å². The van der Waals surface area contributed by atoms with Crippen LogP contribution in [-0.4, -0.2) is 50.0 Å². The van der Waals surface area contributed by atoms with E-state index >= 15 is 0 Å². The van der Waals surface area contributed by atoms with Crippen molar-refractivity contribution in [3.05, 3.63) is 96.0 Å². The van der Waals surface area contributed by atoms with Crippen molar-refractivity contribution in [3.8, 4) is 5.75 Å². The lowest BCUT2D eigenvalue weighted by atomic mass is 10.1. The van der Waals surface area contributed by atoms with E-state index in [1.165, 1.54) is 36.4 Å². The highest BCUT2D eigenvalue weighted by molar-refractivity contribution is 5.92. The monoisotopic (exact) mass is 593 g/mol. The number of nitrogens with one attached hydrogen (secondary N) is 1. The quantitative estimate of drug-likeness (QED) is 0.0977. The fourth-order valence-electron chi connectivity index (χ4n) is 3.48. The van der Waals surface area contributed by atoms with E-state index in [2.05, 4.69) is 11.9 Å². The van der Waals surface area contributed by atoms with Crippen molar-refractivity contribution in [3.63, 3.8) is 0 Å². The largest absolute Gasteiger partial charge is 0.513 e. The fraction of sp³-hybridized carbons (Fsp3) is 0.258. The number of anilines is 1. The maximum atomic E-state index is 12.5. The molecule has 0 unspecified atom stereocenters. The number of hydrogen-bond donors (Lipinski definition) is 1. The van der Waals surface area contributed by atoms with Crippen molar-refractivity contribution in [2.45, 2.75) is 32.6 Å². The standard InChI is InChI=1S/C31H31NO11/c1-3-27(33)39-19-5-6-20-40-31(37)43-26-13-9-22(10-14-26)29(35)42-25-17-15-24(16-18-25)41-28(34)21-7-11-23(12-8-21)32-30(36)38-4-2/h3,7-15,17H,1,4-6,16,18-20H2,2H3,(H,32,36). The number of carbonyl (C=O) groups excluding carboxylic acids is 5. The Kier molecular flexibility index (Phi) is 12.5. The van der Waals surface area contributed by atoms with Crippen molar-refractivity contribution >= 4 is 35.8 Å². The second-order valence-electron chi connectivity index (χ2n) is 8.77. The molecular weight excluding hydrogens is 562 g/mol. The first kappa shape index (κ1) is 32.1. The van der Waals surface area contributed by atoms with E-state index in [0.717, 1.165) is 6.08 Å². The predicted octanol–water partition coefficient (Wildman–Crippen LogP) is 5.86. The van der Waals surface area contributed by atoms with Gasteiger partial charge in [0.1, 0.15) is 17.3 Å². The molecule has 0 radical (unpaired) electrons. The summed E-state index contributed by atoms with van der Waals surface area (Å²) in [6.45, 7) is 5.51. The molecule has 1 aliphatic rings. The Bertz CT molecular complexity index is 1380. The Morgan fingerprint density at radius 2 is 1.28 bits per heavy atom. The van der Waals surface area contributed by atoms with Crippen LogP contribution in [0.5, 0.6) is 5.75 Å². The Morgan fingerprint density at radius 3 is 1.79 bits per heavy atom. The molecule has 0 heterocycles. The summed E-state index contributed by atoms with van der Waals surface area (Å²) in [5.41, 5.74) is 0.999. The van der Waals surface area contributed by atoms with Gasteiger partial charge in [-0.25, -0.2) is 24.0 Å². The molecule has 0 saturated heterocycles. The first-order valence-electron chi connectivity index (χ1n) is 13.4. The van der Waals surface area contributed by atoms with Crippen molar-refractivity contribution in [2.24, 2.45) is 0 Å². The second kappa shape index (κ2) is 16.8. The zero-order valence-corrected chi connectivity index (χ0v) is 23.5. The van der Waals surface area contributed by atoms with Crippen LogP contribution in [0.3, 0.4) is 0 Å². The molecule has 0 saturated carbocycles. The topological polar surface area (TPSA) is 153 Å². The predicted molar refractivity (Wildman–Crippen MR) is 152 cm³/mol. The van der Waals surface area contributed by atoms with Gasteiger partial charge in [0.15, 0.2) is 0 Å². The number of rotatable bonds is 13. The van der Waals surface area contributed by atoms with Crippen LogP contribution in [0.4, 0.5) is 15.3 Å². The van der Waals surface area contributed by atoms with Gasteiger partial charge >= 0.3 is 30.2 Å². The minimum Gasteiger partial charge on any atom is -0.463 e. The fourth-order valence-corrected chi connectivity index (χ4v) is 3.48. The number of ether oxygens (including phenoxy) is 6. The van der Waals surface area contributed by atoms with Crippen molar-refractivity contribution in [1.29, 1.82) is 0 Å². The van der Waals surface area contributed by atoms with Gasteiger partial charge in [0.2, 0.25) is 0 Å². The Balaban J connectivity index is 1.41. The summed E-state index contributed by atoms with van der Waals surface area (Å²) in [4.78, 5) is 59.3. The van der Waals surface area contributed by atoms with E-state index in [-0.39, 0.29) is 31.1 Å². The lowest BCUT2D eigenvalue weighted by Crippen LogP contribution is -2.13. The minimum absolute atomic E-state index is 0.0860. The molecule has 0 aliphatic heterocycles. The highest BCUT2D eigenvalue weighted by Crippen LogP contribution is 2.23. The molecule has 0 spiro atoms. The van der Waals surface area contributed by atoms with E-state index in [1.54, 1.807) is 31.2 Å². The first-order valence-corrected chi connectivity index (χ1v) is 13.4. The van der Waals surface area contributed by atoms with Crippen LogP contribution in [0, 0.1) is 0 Å². The third kappa shape index (κ3) is 11.2. The molecule has 0 atom stereocenters. The van der Waals surface area contributed by atoms with E-state index in [0.29, 0.717) is 48.5 Å². The van der Waals surface area contributed by atoms with E-state index in [1.807, 2.05) is 0 Å². The number of unbranched alkanes of at least 4 members (excludes halogenated alkanes) is 1. The summed E-state index contributed by atoms with van der Waals surface area (Å²) in [5.74, 6) is -0.716. The molecule has 12 nitrogen and oxygen atoms in total. The summed E-state index contributed by atoms with van der Waals surface area (Å²) >= 11 is 0. The minimum atomic E-state index is -0.905. The summed E-state index contributed by atoms with van der Waals surface area (Å²) in [6.07, 6.45) is 4.33. The molecule has 12 heteroatoms. The van der Waals surface area contributed by atoms with Gasteiger partial charge in [-0.05, 0) is 80.4 Å². The summed E-state index contributed by atoms with van der Waals surface area (Å²) in [5, 5.41) is 2.54. The van der Waals surface area contributed by atoms with Crippen molar-refractivity contribution in [1.82, 2.24) is 0 Å². The van der Waals surface area contributed by atoms with Crippen LogP contribution in [0.2, 0.25) is 0 Å². The van der Waals surface area contributed by atoms with E-state index in [9.17, 15) is 24.0 Å². The summed E-state index contributed by atoms with van der Waals surface area (Å²) < 4.78 is 30.5. The van der Waals surface area contributed by atoms with Gasteiger partial charge in [0.05, 0.1) is 30.9 Å². The molecule has 43 heavy (non-hydrogen) atoms. The van der Waals surface area contributed by atoms with Crippen LogP contribution in [-0.2, 0) is 28.5 Å². The zero-order valence-electron chi connectivity index (χ0n) is 23.5. The number of carbonyl (C=O) groups is 5. The number of hydrogen-bond acceptors (Lipinski definition) is 11. The van der Waals surface area contributed by atoms with Gasteiger partial charge in [0, 0.05) is 24.6 Å². The van der Waals surface area contributed by atoms with Crippen LogP contribution in [0.25, 0.3) is 0 Å². The first-order chi connectivity index (χ1) is 20.8. The lowest BCUT2D eigenvalue weighted by molar-refractivity contribution is -0.137. The van der Waals surface area contributed by atoms with E-state index in [4.69, 9.17) is 28.4 Å². The van der Waals surface area contributed by atoms with Crippen LogP contribution < -0.4 is 10.1 Å². The molecular formula is C31H31NO11. The molecule has 3 rings (SSSR count). The van der Waals surface area contributed by atoms with Gasteiger partial charge in [-0.1, -0.05) is 6.58 Å². The third-order valence-corrected chi connectivity index (χ3v) is 5.62. The van der Waals surface area contributed by atoms with Gasteiger partial charge in [-0.15, -0.1) is 0 Å². The summed E-state index contributed by atoms with van der Waals surface area (Å²) in [7, 11) is 0. The molecule has 0 bridgehead atoms. The number of allylic oxidation sites excluding steroid dienone is 4. The Hall–Kier alpha value is -5.39. The molecule has 1 amide bonds. The summed E-state index contributed by atoms with van der Waals surface area (Å²) in [6, 6.07) is 11.9. The van der Waals surface area contributed by atoms with Gasteiger partial charge in [0.25, 0.3) is 0 Å². The maximum Gasteiger partial charge on any atom is 0.513 e. The van der Waals surface area contributed by atoms with E-state index < -0.39 is 30.2 Å². The molecule has 2 aromatic carbocycles. The SMILES string of the molecule is C=CC(=O)OCCCCOC(=O)Oc1ccc(C(=O)OC2=CC=C(OC(=O)c3ccc(NC(=O)OCC)cc3)CC2)cc1. The van der Waals surface area contributed by atoms with Crippen LogP contribution >= 0.6 is 0 Å². The smallest absolute Gasteiger partial charge is 0.463 e. The normalized spacial score (nSPS) is 12.0. The Labute approximate surface area is 247 Å². The zero-order chi connectivity index (χ0) is 31.0. The highest BCUT2D eigenvalue weighted by Gasteiger charge is 2.17. The molecule has 1 aliphatic carbocycles. The second-order valence-corrected chi connectivity index (χ2v) is 8.77. The number of esters is 3. The molecule has 2 aromatic rings. The average Bonchev–Trinajstić information content (AvgIpc) is 3.00. The lowest BCUT2D eigenvalue weighted by Gasteiger charge is -2.15. The van der Waals surface area contributed by atoms with Crippen LogP contribution in [0.15, 0.2) is 84.9 Å². The third-order valence-electron chi connectivity index (χ3n) is 5.62. The Morgan fingerprint density at radius 1 is 0.744 bits per heavy atom. The van der Waals surface area contributed by atoms with Crippen molar-refractivity contribution in [2.75, 3.05) is 25.1 Å². The number of benzene rings is 2. The maximum absolute atomic E-state index is 12.5. The van der Waals surface area contributed by atoms with Gasteiger partial charge in [-0.3, -0.25) is 5.32 Å². The molecule has 226 valence electrons. The van der Waals surface area contributed by atoms with Crippen molar-refractivity contribution < 1.29 is 52.4 Å². The molecule has 0 fully saturated rings. The highest BCUT2D eigenvalue weighted by atomic mass is 16.7. The number of amides is 1. The van der Waals surface area contributed by atoms with Crippen LogP contribution in [0.1, 0.15) is 53.3 Å². The molecule has 1 N–H and O–H groups in total. The van der Waals surface area contributed by atoms with Gasteiger partial charge < -0.3 is 28.4 Å².